The quantitative estimate of drug-likeness (QED) is 0.821. The van der Waals surface area contributed by atoms with Gasteiger partial charge < -0.3 is 15.4 Å². The number of hydrogen-bond acceptors (Lipinski definition) is 5. The van der Waals surface area contributed by atoms with Gasteiger partial charge in [-0.2, -0.15) is 5.26 Å². The molecule has 1 aromatic carbocycles. The highest BCUT2D eigenvalue weighted by atomic mass is 79.9. The van der Waals surface area contributed by atoms with Crippen LogP contribution >= 0.6 is 15.9 Å². The van der Waals surface area contributed by atoms with E-state index >= 15 is 0 Å². The number of nitriles is 1. The van der Waals surface area contributed by atoms with Gasteiger partial charge in [-0.3, -0.25) is 9.59 Å². The van der Waals surface area contributed by atoms with Crippen LogP contribution in [0.3, 0.4) is 0 Å². The van der Waals surface area contributed by atoms with E-state index in [4.69, 9.17) is 10.5 Å². The van der Waals surface area contributed by atoms with Gasteiger partial charge in [0.25, 0.3) is 0 Å². The number of fused-ring (bicyclic) bond motifs is 2. The standard InChI is InChI=1S/C18H16BrN3O3/c1-4-22-14-6-5-11(19)7-12(14)18(17(22)24)13(8-20)16(21)25-10(3)15(18)9(2)23/h5-7H,4,21H2,1-3H3. The Morgan fingerprint density at radius 2 is 2.16 bits per heavy atom. The minimum Gasteiger partial charge on any atom is -0.445 e. The summed E-state index contributed by atoms with van der Waals surface area (Å²) in [6.07, 6.45) is 0. The van der Waals surface area contributed by atoms with Gasteiger partial charge in [0.2, 0.25) is 11.8 Å². The summed E-state index contributed by atoms with van der Waals surface area (Å²) in [5.74, 6) is -0.617. The van der Waals surface area contributed by atoms with Crippen molar-refractivity contribution in [1.82, 2.24) is 0 Å². The third-order valence-corrected chi connectivity index (χ3v) is 5.10. The van der Waals surface area contributed by atoms with Crippen molar-refractivity contribution in [2.75, 3.05) is 11.4 Å². The molecule has 1 unspecified atom stereocenters. The van der Waals surface area contributed by atoms with Crippen molar-refractivity contribution in [3.63, 3.8) is 0 Å². The number of ketones is 1. The first-order chi connectivity index (χ1) is 11.8. The molecule has 1 atom stereocenters. The first-order valence-corrected chi connectivity index (χ1v) is 8.52. The van der Waals surface area contributed by atoms with Crippen molar-refractivity contribution in [3.05, 3.63) is 51.0 Å². The highest BCUT2D eigenvalue weighted by Crippen LogP contribution is 2.54. The SMILES string of the molecule is CCN1C(=O)C2(C(C#N)=C(N)OC(C)=C2C(C)=O)c2cc(Br)ccc21. The van der Waals surface area contributed by atoms with E-state index in [-0.39, 0.29) is 34.5 Å². The lowest BCUT2D eigenvalue weighted by Gasteiger charge is -2.34. The van der Waals surface area contributed by atoms with E-state index in [9.17, 15) is 14.9 Å². The van der Waals surface area contributed by atoms with Crippen LogP contribution in [0.15, 0.2) is 45.5 Å². The fourth-order valence-corrected chi connectivity index (χ4v) is 4.12. The number of halogens is 1. The molecule has 2 heterocycles. The van der Waals surface area contributed by atoms with Gasteiger partial charge in [-0.05, 0) is 39.0 Å². The first-order valence-electron chi connectivity index (χ1n) is 7.73. The molecule has 1 aromatic rings. The Morgan fingerprint density at radius 3 is 2.72 bits per heavy atom. The first kappa shape index (κ1) is 17.2. The molecular weight excluding hydrogens is 386 g/mol. The van der Waals surface area contributed by atoms with E-state index in [1.54, 1.807) is 24.0 Å². The second-order valence-electron chi connectivity index (χ2n) is 5.90. The van der Waals surface area contributed by atoms with Crippen LogP contribution in [0.25, 0.3) is 0 Å². The largest absolute Gasteiger partial charge is 0.445 e. The number of allylic oxidation sites excluding steroid dienone is 1. The van der Waals surface area contributed by atoms with Crippen LogP contribution in [0.2, 0.25) is 0 Å². The molecule has 25 heavy (non-hydrogen) atoms. The third kappa shape index (κ3) is 2.07. The van der Waals surface area contributed by atoms with Gasteiger partial charge in [-0.25, -0.2) is 0 Å². The maximum atomic E-state index is 13.5. The Hall–Kier alpha value is -2.59. The van der Waals surface area contributed by atoms with Gasteiger partial charge >= 0.3 is 0 Å². The summed E-state index contributed by atoms with van der Waals surface area (Å²) in [5, 5.41) is 9.76. The Morgan fingerprint density at radius 1 is 1.48 bits per heavy atom. The highest BCUT2D eigenvalue weighted by molar-refractivity contribution is 9.10. The zero-order valence-corrected chi connectivity index (χ0v) is 15.6. The molecule has 2 aliphatic heterocycles. The summed E-state index contributed by atoms with van der Waals surface area (Å²) in [4.78, 5) is 27.5. The van der Waals surface area contributed by atoms with Crippen molar-refractivity contribution in [1.29, 1.82) is 5.26 Å². The summed E-state index contributed by atoms with van der Waals surface area (Å²) in [6, 6.07) is 7.38. The molecule has 2 N–H and O–H groups in total. The minimum atomic E-state index is -1.57. The van der Waals surface area contributed by atoms with Gasteiger partial charge in [0.15, 0.2) is 5.78 Å². The number of anilines is 1. The monoisotopic (exact) mass is 401 g/mol. The van der Waals surface area contributed by atoms with Crippen LogP contribution in [-0.2, 0) is 19.7 Å². The average molecular weight is 402 g/mol. The number of nitrogens with zero attached hydrogens (tertiary/aromatic N) is 2. The van der Waals surface area contributed by atoms with Crippen molar-refractivity contribution in [2.24, 2.45) is 5.73 Å². The number of carbonyl (C=O) groups is 2. The zero-order chi connectivity index (χ0) is 18.5. The van der Waals surface area contributed by atoms with E-state index in [2.05, 4.69) is 15.9 Å². The van der Waals surface area contributed by atoms with Crippen LogP contribution in [0.4, 0.5) is 5.69 Å². The topological polar surface area (TPSA) is 96.4 Å². The molecular formula is C18H16BrN3O3. The van der Waals surface area contributed by atoms with E-state index in [0.717, 1.165) is 4.47 Å². The number of benzene rings is 1. The molecule has 0 saturated heterocycles. The zero-order valence-electron chi connectivity index (χ0n) is 14.0. The number of ether oxygens (including phenoxy) is 1. The molecule has 0 aliphatic carbocycles. The molecule has 0 radical (unpaired) electrons. The van der Waals surface area contributed by atoms with Gasteiger partial charge in [0.1, 0.15) is 22.8 Å². The van der Waals surface area contributed by atoms with Crippen molar-refractivity contribution >= 4 is 33.3 Å². The number of Topliss-reactive ketones (excluding diaryl/α,β-unsaturated/α-hetero) is 1. The number of carbonyl (C=O) groups excluding carboxylic acids is 2. The van der Waals surface area contributed by atoms with E-state index in [1.165, 1.54) is 6.92 Å². The lowest BCUT2D eigenvalue weighted by Crippen LogP contribution is -2.47. The molecule has 0 aromatic heterocycles. The van der Waals surface area contributed by atoms with Crippen LogP contribution in [0.1, 0.15) is 26.3 Å². The molecule has 2 aliphatic rings. The third-order valence-electron chi connectivity index (χ3n) is 4.61. The molecule has 1 spiro atoms. The van der Waals surface area contributed by atoms with Crippen molar-refractivity contribution in [2.45, 2.75) is 26.2 Å². The van der Waals surface area contributed by atoms with Crippen LogP contribution in [0, 0.1) is 11.3 Å². The van der Waals surface area contributed by atoms with Gasteiger partial charge in [-0.1, -0.05) is 15.9 Å². The maximum absolute atomic E-state index is 13.5. The molecule has 3 rings (SSSR count). The molecule has 6 nitrogen and oxygen atoms in total. The predicted octanol–water partition coefficient (Wildman–Crippen LogP) is 2.64. The fourth-order valence-electron chi connectivity index (χ4n) is 3.76. The van der Waals surface area contributed by atoms with Crippen LogP contribution in [0.5, 0.6) is 0 Å². The van der Waals surface area contributed by atoms with E-state index in [1.807, 2.05) is 19.1 Å². The summed E-state index contributed by atoms with van der Waals surface area (Å²) < 4.78 is 6.16. The summed E-state index contributed by atoms with van der Waals surface area (Å²) in [6.45, 7) is 5.18. The average Bonchev–Trinajstić information content (AvgIpc) is 2.76. The normalized spacial score (nSPS) is 22.2. The molecule has 7 heteroatoms. The van der Waals surface area contributed by atoms with E-state index < -0.39 is 5.41 Å². The van der Waals surface area contributed by atoms with Crippen molar-refractivity contribution in [3.8, 4) is 6.07 Å². The lowest BCUT2D eigenvalue weighted by molar-refractivity contribution is -0.123. The Balaban J connectivity index is 2.52. The smallest absolute Gasteiger partial charge is 0.247 e. The number of nitrogens with two attached hydrogens (primary N) is 1. The molecule has 0 fully saturated rings. The Labute approximate surface area is 153 Å². The second-order valence-corrected chi connectivity index (χ2v) is 6.82. The van der Waals surface area contributed by atoms with Crippen molar-refractivity contribution < 1.29 is 14.3 Å². The number of hydrogen-bond donors (Lipinski definition) is 1. The fraction of sp³-hybridized carbons (Fsp3) is 0.278. The Bertz CT molecular complexity index is 926. The molecule has 0 bridgehead atoms. The summed E-state index contributed by atoms with van der Waals surface area (Å²) in [5.41, 5.74) is 5.69. The minimum absolute atomic E-state index is 0.0522. The van der Waals surface area contributed by atoms with E-state index in [0.29, 0.717) is 17.8 Å². The maximum Gasteiger partial charge on any atom is 0.247 e. The number of likely N-dealkylation sites (N-methyl/N-ethyl adjacent to an activating group) is 1. The van der Waals surface area contributed by atoms with Crippen LogP contribution in [-0.4, -0.2) is 18.2 Å². The van der Waals surface area contributed by atoms with Gasteiger partial charge in [-0.15, -0.1) is 0 Å². The lowest BCUT2D eigenvalue weighted by atomic mass is 9.67. The molecule has 128 valence electrons. The summed E-state index contributed by atoms with van der Waals surface area (Å²) in [7, 11) is 0. The molecule has 1 amide bonds. The Kier molecular flexibility index (Phi) is 3.96. The predicted molar refractivity (Wildman–Crippen MR) is 95.1 cm³/mol. The van der Waals surface area contributed by atoms with Gasteiger partial charge in [0.05, 0.1) is 5.57 Å². The number of amides is 1. The second kappa shape index (κ2) is 5.74. The van der Waals surface area contributed by atoms with Crippen LogP contribution < -0.4 is 10.6 Å². The highest BCUT2D eigenvalue weighted by Gasteiger charge is 2.60. The molecule has 0 saturated carbocycles. The summed E-state index contributed by atoms with van der Waals surface area (Å²) >= 11 is 3.41. The van der Waals surface area contributed by atoms with Gasteiger partial charge in [0, 0.05) is 22.3 Å². The number of rotatable bonds is 2.